The molecule has 2 N–H and O–H groups in total. The molecular formula is C21H23N3OS2. The zero-order valence-electron chi connectivity index (χ0n) is 15.6. The molecule has 1 aliphatic rings. The van der Waals surface area contributed by atoms with E-state index in [1.807, 2.05) is 6.92 Å². The number of amides is 1. The first-order valence-electron chi connectivity index (χ1n) is 9.40. The Morgan fingerprint density at radius 3 is 2.78 bits per heavy atom. The van der Waals surface area contributed by atoms with Crippen molar-refractivity contribution in [3.63, 3.8) is 0 Å². The van der Waals surface area contributed by atoms with Gasteiger partial charge in [-0.15, -0.1) is 11.3 Å². The quantitative estimate of drug-likeness (QED) is 0.491. The standard InChI is InChI=1S/C21H23N3OS2/c1-3-16(19(22)25)27-21-18-17(12(2)26-20(18)23-11-24-21)15-9-8-13-6-4-5-7-14(13)10-15/h8-11,16H,3-7H2,1-2H3,(H2,22,25). The number of nitrogens with two attached hydrogens (primary N) is 1. The van der Waals surface area contributed by atoms with E-state index in [2.05, 4.69) is 35.1 Å². The minimum atomic E-state index is -0.295. The van der Waals surface area contributed by atoms with Crippen LogP contribution in [0.15, 0.2) is 29.6 Å². The molecule has 1 atom stereocenters. The summed E-state index contributed by atoms with van der Waals surface area (Å²) in [6, 6.07) is 6.85. The van der Waals surface area contributed by atoms with Gasteiger partial charge in [-0.25, -0.2) is 9.97 Å². The number of carbonyl (C=O) groups excluding carboxylic acids is 1. The van der Waals surface area contributed by atoms with Crippen molar-refractivity contribution in [2.45, 2.75) is 56.2 Å². The Morgan fingerprint density at radius 1 is 1.26 bits per heavy atom. The molecule has 0 fully saturated rings. The number of hydrogen-bond acceptors (Lipinski definition) is 5. The number of aryl methyl sites for hydroxylation is 3. The van der Waals surface area contributed by atoms with Crippen LogP contribution in [-0.2, 0) is 17.6 Å². The minimum Gasteiger partial charge on any atom is -0.369 e. The molecule has 2 aromatic heterocycles. The number of rotatable bonds is 5. The van der Waals surface area contributed by atoms with Crippen LogP contribution in [0.25, 0.3) is 21.3 Å². The number of thioether (sulfide) groups is 1. The summed E-state index contributed by atoms with van der Waals surface area (Å²) in [4.78, 5) is 23.0. The molecule has 140 valence electrons. The van der Waals surface area contributed by atoms with E-state index in [0.29, 0.717) is 6.42 Å². The van der Waals surface area contributed by atoms with Gasteiger partial charge in [-0.1, -0.05) is 36.9 Å². The number of fused-ring (bicyclic) bond motifs is 2. The number of nitrogens with zero attached hydrogens (tertiary/aromatic N) is 2. The Bertz CT molecular complexity index is 1010. The molecule has 0 spiro atoms. The first-order valence-corrected chi connectivity index (χ1v) is 11.1. The van der Waals surface area contributed by atoms with Gasteiger partial charge in [-0.05, 0) is 55.7 Å². The Balaban J connectivity index is 1.86. The van der Waals surface area contributed by atoms with Crippen LogP contribution in [0.2, 0.25) is 0 Å². The second-order valence-corrected chi connectivity index (χ2v) is 9.39. The molecule has 1 aromatic carbocycles. The van der Waals surface area contributed by atoms with Gasteiger partial charge < -0.3 is 5.73 Å². The monoisotopic (exact) mass is 397 g/mol. The lowest BCUT2D eigenvalue weighted by Crippen LogP contribution is -2.24. The lowest BCUT2D eigenvalue weighted by atomic mass is 9.89. The zero-order valence-corrected chi connectivity index (χ0v) is 17.3. The van der Waals surface area contributed by atoms with Crippen molar-refractivity contribution in [2.75, 3.05) is 0 Å². The van der Waals surface area contributed by atoms with Gasteiger partial charge in [-0.3, -0.25) is 4.79 Å². The number of primary amides is 1. The highest BCUT2D eigenvalue weighted by molar-refractivity contribution is 8.00. The van der Waals surface area contributed by atoms with Crippen LogP contribution in [0.4, 0.5) is 0 Å². The van der Waals surface area contributed by atoms with Crippen LogP contribution in [-0.4, -0.2) is 21.1 Å². The van der Waals surface area contributed by atoms with Crippen LogP contribution >= 0.6 is 23.1 Å². The van der Waals surface area contributed by atoms with E-state index in [4.69, 9.17) is 5.73 Å². The summed E-state index contributed by atoms with van der Waals surface area (Å²) in [7, 11) is 0. The molecule has 3 aromatic rings. The van der Waals surface area contributed by atoms with Crippen molar-refractivity contribution in [1.82, 2.24) is 9.97 Å². The zero-order chi connectivity index (χ0) is 19.0. The molecule has 27 heavy (non-hydrogen) atoms. The highest BCUT2D eigenvalue weighted by atomic mass is 32.2. The maximum atomic E-state index is 11.8. The van der Waals surface area contributed by atoms with E-state index in [9.17, 15) is 4.79 Å². The fourth-order valence-electron chi connectivity index (χ4n) is 3.82. The Labute approximate surface area is 167 Å². The van der Waals surface area contributed by atoms with E-state index in [1.165, 1.54) is 58.2 Å². The van der Waals surface area contributed by atoms with Crippen molar-refractivity contribution in [3.05, 3.63) is 40.5 Å². The van der Waals surface area contributed by atoms with Gasteiger partial charge >= 0.3 is 0 Å². The summed E-state index contributed by atoms with van der Waals surface area (Å²) in [5, 5.41) is 1.63. The molecule has 2 heterocycles. The van der Waals surface area contributed by atoms with Gasteiger partial charge in [0.15, 0.2) is 0 Å². The van der Waals surface area contributed by atoms with Crippen molar-refractivity contribution in [1.29, 1.82) is 0 Å². The van der Waals surface area contributed by atoms with E-state index in [0.717, 1.165) is 21.7 Å². The van der Waals surface area contributed by atoms with Crippen molar-refractivity contribution >= 4 is 39.2 Å². The number of thiophene rings is 1. The molecule has 1 amide bonds. The molecule has 0 aliphatic heterocycles. The van der Waals surface area contributed by atoms with E-state index in [1.54, 1.807) is 17.7 Å². The molecule has 4 rings (SSSR count). The number of carbonyl (C=O) groups is 1. The molecule has 0 radical (unpaired) electrons. The third-order valence-corrected chi connectivity index (χ3v) is 7.60. The Morgan fingerprint density at radius 2 is 2.04 bits per heavy atom. The molecule has 0 bridgehead atoms. The highest BCUT2D eigenvalue weighted by Gasteiger charge is 2.22. The van der Waals surface area contributed by atoms with Crippen LogP contribution in [0.1, 0.15) is 42.2 Å². The van der Waals surface area contributed by atoms with Gasteiger partial charge in [0.1, 0.15) is 16.2 Å². The van der Waals surface area contributed by atoms with Gasteiger partial charge in [0, 0.05) is 10.4 Å². The summed E-state index contributed by atoms with van der Waals surface area (Å²) in [6.07, 6.45) is 7.16. The minimum absolute atomic E-state index is 0.278. The molecular weight excluding hydrogens is 374 g/mol. The normalized spacial score (nSPS) is 14.9. The summed E-state index contributed by atoms with van der Waals surface area (Å²) < 4.78 is 0. The van der Waals surface area contributed by atoms with E-state index in [-0.39, 0.29) is 11.2 Å². The van der Waals surface area contributed by atoms with Gasteiger partial charge in [0.2, 0.25) is 5.91 Å². The summed E-state index contributed by atoms with van der Waals surface area (Å²) in [5.74, 6) is -0.295. The van der Waals surface area contributed by atoms with Crippen molar-refractivity contribution in [3.8, 4) is 11.1 Å². The maximum absolute atomic E-state index is 11.8. The summed E-state index contributed by atoms with van der Waals surface area (Å²) in [5.41, 5.74) is 10.9. The van der Waals surface area contributed by atoms with Crippen LogP contribution < -0.4 is 5.73 Å². The lowest BCUT2D eigenvalue weighted by molar-refractivity contribution is -0.117. The average molecular weight is 398 g/mol. The van der Waals surface area contributed by atoms with Gasteiger partial charge in [0.05, 0.1) is 10.6 Å². The smallest absolute Gasteiger partial charge is 0.230 e. The van der Waals surface area contributed by atoms with Crippen LogP contribution in [0.3, 0.4) is 0 Å². The number of benzene rings is 1. The first-order chi connectivity index (χ1) is 13.1. The predicted octanol–water partition coefficient (Wildman–Crippen LogP) is 4.90. The second kappa shape index (κ2) is 7.60. The van der Waals surface area contributed by atoms with E-state index < -0.39 is 0 Å². The van der Waals surface area contributed by atoms with Gasteiger partial charge in [0.25, 0.3) is 0 Å². The lowest BCUT2D eigenvalue weighted by Gasteiger charge is -2.17. The molecule has 0 saturated heterocycles. The Kier molecular flexibility index (Phi) is 5.19. The second-order valence-electron chi connectivity index (χ2n) is 7.00. The number of hydrogen-bond donors (Lipinski definition) is 1. The third-order valence-electron chi connectivity index (χ3n) is 5.21. The van der Waals surface area contributed by atoms with E-state index >= 15 is 0 Å². The first kappa shape index (κ1) is 18.4. The van der Waals surface area contributed by atoms with Crippen LogP contribution in [0.5, 0.6) is 0 Å². The summed E-state index contributed by atoms with van der Waals surface area (Å²) in [6.45, 7) is 4.12. The molecule has 1 unspecified atom stereocenters. The van der Waals surface area contributed by atoms with Crippen molar-refractivity contribution < 1.29 is 4.79 Å². The molecule has 6 heteroatoms. The van der Waals surface area contributed by atoms with Gasteiger partial charge in [-0.2, -0.15) is 0 Å². The van der Waals surface area contributed by atoms with Crippen LogP contribution in [0, 0.1) is 6.92 Å². The van der Waals surface area contributed by atoms with Crippen molar-refractivity contribution in [2.24, 2.45) is 5.73 Å². The largest absolute Gasteiger partial charge is 0.369 e. The Hall–Kier alpha value is -1.92. The SMILES string of the molecule is CCC(Sc1ncnc2sc(C)c(-c3ccc4c(c3)CCCC4)c12)C(N)=O. The molecule has 0 saturated carbocycles. The predicted molar refractivity (Wildman–Crippen MR) is 113 cm³/mol. The fourth-order valence-corrected chi connectivity index (χ4v) is 5.88. The third kappa shape index (κ3) is 3.48. The molecule has 1 aliphatic carbocycles. The highest BCUT2D eigenvalue weighted by Crippen LogP contribution is 2.43. The topological polar surface area (TPSA) is 68.9 Å². The maximum Gasteiger partial charge on any atom is 0.230 e. The molecule has 4 nitrogen and oxygen atoms in total. The summed E-state index contributed by atoms with van der Waals surface area (Å²) >= 11 is 3.15. The fraction of sp³-hybridized carbons (Fsp3) is 0.381. The average Bonchev–Trinajstić information content (AvgIpc) is 3.02. The number of aromatic nitrogens is 2.